The van der Waals surface area contributed by atoms with E-state index in [0.29, 0.717) is 6.79 Å². The summed E-state index contributed by atoms with van der Waals surface area (Å²) in [5, 5.41) is 2.47. The van der Waals surface area contributed by atoms with Crippen LogP contribution in [0.1, 0.15) is 22.4 Å². The van der Waals surface area contributed by atoms with Gasteiger partial charge in [-0.3, -0.25) is 4.98 Å². The highest BCUT2D eigenvalue weighted by atomic mass is 16.7. The van der Waals surface area contributed by atoms with Crippen LogP contribution in [0.5, 0.6) is 11.5 Å². The molecule has 0 unspecified atom stereocenters. The maximum atomic E-state index is 5.46. The Balaban J connectivity index is 1.76. The van der Waals surface area contributed by atoms with Gasteiger partial charge in [-0.1, -0.05) is 12.1 Å². The van der Waals surface area contributed by atoms with Crippen molar-refractivity contribution in [3.8, 4) is 11.5 Å². The van der Waals surface area contributed by atoms with E-state index < -0.39 is 0 Å². The number of hydrogen-bond acceptors (Lipinski definition) is 3. The molecule has 1 aromatic heterocycles. The Kier molecular flexibility index (Phi) is 3.00. The first-order chi connectivity index (χ1) is 10.7. The summed E-state index contributed by atoms with van der Waals surface area (Å²) < 4.78 is 10.8. The van der Waals surface area contributed by atoms with E-state index in [4.69, 9.17) is 9.47 Å². The highest BCUT2D eigenvalue weighted by Crippen LogP contribution is 2.33. The van der Waals surface area contributed by atoms with Crippen LogP contribution in [0, 0.1) is 13.8 Å². The molecule has 0 bridgehead atoms. The lowest BCUT2D eigenvalue weighted by molar-refractivity contribution is 0.174. The zero-order valence-electron chi connectivity index (χ0n) is 12.7. The molecule has 2 aromatic carbocycles. The molecule has 0 amide bonds. The Morgan fingerprint density at radius 2 is 1.77 bits per heavy atom. The van der Waals surface area contributed by atoms with E-state index in [1.165, 1.54) is 27.5 Å². The van der Waals surface area contributed by atoms with Crippen molar-refractivity contribution in [2.45, 2.75) is 20.3 Å². The maximum Gasteiger partial charge on any atom is 0.231 e. The minimum Gasteiger partial charge on any atom is -0.454 e. The zero-order valence-corrected chi connectivity index (χ0v) is 12.7. The van der Waals surface area contributed by atoms with Gasteiger partial charge in [-0.15, -0.1) is 0 Å². The SMILES string of the molecule is Cc1cc2ccnc(Cc3ccc4c(c3)OCO4)c2cc1C. The molecule has 0 radical (unpaired) electrons. The van der Waals surface area contributed by atoms with Gasteiger partial charge >= 0.3 is 0 Å². The monoisotopic (exact) mass is 291 g/mol. The van der Waals surface area contributed by atoms with E-state index in [9.17, 15) is 0 Å². The summed E-state index contributed by atoms with van der Waals surface area (Å²) in [6.07, 6.45) is 2.68. The van der Waals surface area contributed by atoms with Gasteiger partial charge in [0.1, 0.15) is 0 Å². The average molecular weight is 291 g/mol. The highest BCUT2D eigenvalue weighted by Gasteiger charge is 2.14. The third-order valence-electron chi connectivity index (χ3n) is 4.27. The summed E-state index contributed by atoms with van der Waals surface area (Å²) in [7, 11) is 0. The van der Waals surface area contributed by atoms with Crippen LogP contribution < -0.4 is 9.47 Å². The zero-order chi connectivity index (χ0) is 15.1. The second-order valence-electron chi connectivity index (χ2n) is 5.78. The molecule has 1 aliphatic rings. The largest absolute Gasteiger partial charge is 0.454 e. The summed E-state index contributed by atoms with van der Waals surface area (Å²) in [5.41, 5.74) is 4.89. The molecule has 3 heteroatoms. The molecule has 0 saturated heterocycles. The molecule has 4 rings (SSSR count). The lowest BCUT2D eigenvalue weighted by Gasteiger charge is -2.09. The van der Waals surface area contributed by atoms with Gasteiger partial charge in [0.25, 0.3) is 0 Å². The van der Waals surface area contributed by atoms with Gasteiger partial charge in [0.2, 0.25) is 6.79 Å². The van der Waals surface area contributed by atoms with Gasteiger partial charge in [0.05, 0.1) is 5.69 Å². The molecule has 0 saturated carbocycles. The molecule has 1 aliphatic heterocycles. The smallest absolute Gasteiger partial charge is 0.231 e. The number of rotatable bonds is 2. The molecule has 0 aliphatic carbocycles. The fraction of sp³-hybridized carbons (Fsp3) is 0.211. The Morgan fingerprint density at radius 3 is 2.68 bits per heavy atom. The van der Waals surface area contributed by atoms with Crippen molar-refractivity contribution in [2.75, 3.05) is 6.79 Å². The van der Waals surface area contributed by atoms with Crippen molar-refractivity contribution in [3.05, 3.63) is 65.0 Å². The van der Waals surface area contributed by atoms with E-state index in [1.807, 2.05) is 18.3 Å². The van der Waals surface area contributed by atoms with Crippen molar-refractivity contribution in [3.63, 3.8) is 0 Å². The summed E-state index contributed by atoms with van der Waals surface area (Å²) in [5.74, 6) is 1.64. The molecule has 110 valence electrons. The van der Waals surface area contributed by atoms with Gasteiger partial charge in [-0.25, -0.2) is 0 Å². The first-order valence-corrected chi connectivity index (χ1v) is 7.44. The quantitative estimate of drug-likeness (QED) is 0.710. The number of hydrogen-bond donors (Lipinski definition) is 0. The van der Waals surface area contributed by atoms with Gasteiger partial charge < -0.3 is 9.47 Å². The minimum absolute atomic E-state index is 0.309. The number of nitrogens with zero attached hydrogens (tertiary/aromatic N) is 1. The van der Waals surface area contributed by atoms with E-state index >= 15 is 0 Å². The van der Waals surface area contributed by atoms with Gasteiger partial charge in [-0.2, -0.15) is 0 Å². The summed E-state index contributed by atoms with van der Waals surface area (Å²) >= 11 is 0. The number of ether oxygens (including phenoxy) is 2. The molecule has 3 nitrogen and oxygen atoms in total. The molecule has 3 aromatic rings. The normalized spacial score (nSPS) is 12.8. The van der Waals surface area contributed by atoms with Crippen molar-refractivity contribution < 1.29 is 9.47 Å². The van der Waals surface area contributed by atoms with E-state index in [1.54, 1.807) is 0 Å². The van der Waals surface area contributed by atoms with Crippen LogP contribution in [0.4, 0.5) is 0 Å². The molecule has 0 N–H and O–H groups in total. The first-order valence-electron chi connectivity index (χ1n) is 7.44. The van der Waals surface area contributed by atoms with Crippen molar-refractivity contribution in [1.82, 2.24) is 4.98 Å². The Labute approximate surface area is 129 Å². The fourth-order valence-corrected chi connectivity index (χ4v) is 2.89. The third kappa shape index (κ3) is 2.19. The average Bonchev–Trinajstić information content (AvgIpc) is 2.97. The van der Waals surface area contributed by atoms with Crippen LogP contribution in [0.3, 0.4) is 0 Å². The lowest BCUT2D eigenvalue weighted by atomic mass is 9.99. The van der Waals surface area contributed by atoms with Gasteiger partial charge in [-0.05, 0) is 60.2 Å². The molecule has 22 heavy (non-hydrogen) atoms. The molecule has 2 heterocycles. The molecule has 0 spiro atoms. The third-order valence-corrected chi connectivity index (χ3v) is 4.27. The van der Waals surface area contributed by atoms with Crippen LogP contribution in [-0.4, -0.2) is 11.8 Å². The lowest BCUT2D eigenvalue weighted by Crippen LogP contribution is -1.95. The maximum absolute atomic E-state index is 5.46. The first kappa shape index (κ1) is 13.1. The highest BCUT2D eigenvalue weighted by molar-refractivity contribution is 5.86. The number of fused-ring (bicyclic) bond motifs is 2. The topological polar surface area (TPSA) is 31.4 Å². The summed E-state index contributed by atoms with van der Waals surface area (Å²) in [6.45, 7) is 4.60. The van der Waals surface area contributed by atoms with Crippen LogP contribution in [0.2, 0.25) is 0 Å². The van der Waals surface area contributed by atoms with Crippen LogP contribution in [0.25, 0.3) is 10.8 Å². The number of aromatic nitrogens is 1. The van der Waals surface area contributed by atoms with Crippen LogP contribution in [0.15, 0.2) is 42.6 Å². The second kappa shape index (κ2) is 5.02. The van der Waals surface area contributed by atoms with Crippen LogP contribution in [-0.2, 0) is 6.42 Å². The van der Waals surface area contributed by atoms with Crippen molar-refractivity contribution in [1.29, 1.82) is 0 Å². The molecular formula is C19H17NO2. The predicted molar refractivity (Wildman–Crippen MR) is 86.6 cm³/mol. The predicted octanol–water partition coefficient (Wildman–Crippen LogP) is 4.17. The number of aryl methyl sites for hydroxylation is 2. The summed E-state index contributed by atoms with van der Waals surface area (Å²) in [4.78, 5) is 4.59. The Bertz CT molecular complexity index is 871. The summed E-state index contributed by atoms with van der Waals surface area (Å²) in [6, 6.07) is 12.6. The van der Waals surface area contributed by atoms with Crippen molar-refractivity contribution in [2.24, 2.45) is 0 Å². The molecule has 0 atom stereocenters. The molecule has 0 fully saturated rings. The van der Waals surface area contributed by atoms with Gasteiger partial charge in [0, 0.05) is 18.0 Å². The standard InChI is InChI=1S/C19H17NO2/c1-12-7-15-5-6-20-17(16(15)8-13(12)2)9-14-3-4-18-19(10-14)22-11-21-18/h3-8,10H,9,11H2,1-2H3. The van der Waals surface area contributed by atoms with E-state index in [0.717, 1.165) is 23.6 Å². The van der Waals surface area contributed by atoms with Gasteiger partial charge in [0.15, 0.2) is 11.5 Å². The van der Waals surface area contributed by atoms with Crippen LogP contribution >= 0.6 is 0 Å². The Morgan fingerprint density at radius 1 is 0.955 bits per heavy atom. The number of benzene rings is 2. The van der Waals surface area contributed by atoms with E-state index in [-0.39, 0.29) is 0 Å². The fourth-order valence-electron chi connectivity index (χ4n) is 2.89. The molecular weight excluding hydrogens is 274 g/mol. The second-order valence-corrected chi connectivity index (χ2v) is 5.78. The van der Waals surface area contributed by atoms with Crippen molar-refractivity contribution >= 4 is 10.8 Å². The number of pyridine rings is 1. The minimum atomic E-state index is 0.309. The Hall–Kier alpha value is -2.55. The van der Waals surface area contributed by atoms with E-state index in [2.05, 4.69) is 43.1 Å².